The molecule has 21 heavy (non-hydrogen) atoms. The molecule has 0 spiro atoms. The van der Waals surface area contributed by atoms with Gasteiger partial charge in [-0.1, -0.05) is 24.3 Å². The zero-order chi connectivity index (χ0) is 14.8. The number of hydrogen-bond acceptors (Lipinski definition) is 2. The molecule has 0 saturated carbocycles. The van der Waals surface area contributed by atoms with Gasteiger partial charge >= 0.3 is 0 Å². The van der Waals surface area contributed by atoms with Crippen molar-refractivity contribution in [2.75, 3.05) is 13.6 Å². The molecule has 0 radical (unpaired) electrons. The highest BCUT2D eigenvalue weighted by molar-refractivity contribution is 5.81. The number of nitrogens with zero attached hydrogens (tertiary/aromatic N) is 2. The molecule has 108 valence electrons. The number of aromatic nitrogens is 2. The topological polar surface area (TPSA) is 29.9 Å². The molecule has 3 nitrogen and oxygen atoms in total. The van der Waals surface area contributed by atoms with Crippen molar-refractivity contribution in [3.63, 3.8) is 0 Å². The van der Waals surface area contributed by atoms with Crippen molar-refractivity contribution in [1.29, 1.82) is 0 Å². The van der Waals surface area contributed by atoms with Crippen LogP contribution in [0.3, 0.4) is 0 Å². The Bertz CT molecular complexity index is 777. The van der Waals surface area contributed by atoms with Crippen molar-refractivity contribution in [2.45, 2.75) is 6.42 Å². The fourth-order valence-electron chi connectivity index (χ4n) is 2.63. The highest BCUT2D eigenvalue weighted by Crippen LogP contribution is 2.27. The van der Waals surface area contributed by atoms with Crippen LogP contribution in [0, 0.1) is 5.82 Å². The summed E-state index contributed by atoms with van der Waals surface area (Å²) in [7, 11) is 3.91. The molecule has 0 bridgehead atoms. The van der Waals surface area contributed by atoms with Crippen LogP contribution in [0.5, 0.6) is 0 Å². The summed E-state index contributed by atoms with van der Waals surface area (Å²) in [5, 5.41) is 3.17. The van der Waals surface area contributed by atoms with Crippen molar-refractivity contribution in [2.24, 2.45) is 7.05 Å². The van der Waals surface area contributed by atoms with Gasteiger partial charge in [-0.05, 0) is 37.7 Å². The summed E-state index contributed by atoms with van der Waals surface area (Å²) >= 11 is 0. The summed E-state index contributed by atoms with van der Waals surface area (Å²) in [5.74, 6) is 0.623. The third-order valence-electron chi connectivity index (χ3n) is 3.75. The number of rotatable bonds is 4. The van der Waals surface area contributed by atoms with E-state index in [0.29, 0.717) is 5.52 Å². The Labute approximate surface area is 123 Å². The monoisotopic (exact) mass is 283 g/mol. The Morgan fingerprint density at radius 3 is 2.81 bits per heavy atom. The second-order valence-corrected chi connectivity index (χ2v) is 5.14. The SMILES string of the molecule is CNCCc1ccccc1-c1nc2cc(F)ccc2n1C. The van der Waals surface area contributed by atoms with Gasteiger partial charge in [-0.3, -0.25) is 0 Å². The average Bonchev–Trinajstić information content (AvgIpc) is 2.81. The van der Waals surface area contributed by atoms with Gasteiger partial charge in [0.05, 0.1) is 11.0 Å². The highest BCUT2D eigenvalue weighted by Gasteiger charge is 2.13. The lowest BCUT2D eigenvalue weighted by Crippen LogP contribution is -2.11. The van der Waals surface area contributed by atoms with Crippen molar-refractivity contribution >= 4 is 11.0 Å². The van der Waals surface area contributed by atoms with E-state index in [1.807, 2.05) is 30.8 Å². The molecule has 0 saturated heterocycles. The fraction of sp³-hybridized carbons (Fsp3) is 0.235. The van der Waals surface area contributed by atoms with Crippen molar-refractivity contribution in [3.05, 3.63) is 53.8 Å². The molecule has 3 aromatic rings. The summed E-state index contributed by atoms with van der Waals surface area (Å²) in [6.45, 7) is 0.912. The van der Waals surface area contributed by atoms with Crippen molar-refractivity contribution < 1.29 is 4.39 Å². The van der Waals surface area contributed by atoms with Crippen LogP contribution in [0.2, 0.25) is 0 Å². The Hall–Kier alpha value is -2.20. The van der Waals surface area contributed by atoms with Gasteiger partial charge in [0, 0.05) is 18.7 Å². The van der Waals surface area contributed by atoms with E-state index in [-0.39, 0.29) is 5.82 Å². The smallest absolute Gasteiger partial charge is 0.141 e. The molecular formula is C17H18FN3. The van der Waals surface area contributed by atoms with Crippen LogP contribution in [0.15, 0.2) is 42.5 Å². The van der Waals surface area contributed by atoms with Crippen LogP contribution in [-0.2, 0) is 13.5 Å². The normalized spacial score (nSPS) is 11.2. The quantitative estimate of drug-likeness (QED) is 0.797. The fourth-order valence-corrected chi connectivity index (χ4v) is 2.63. The molecule has 1 N–H and O–H groups in total. The third-order valence-corrected chi connectivity index (χ3v) is 3.75. The first kappa shape index (κ1) is 13.8. The van der Waals surface area contributed by atoms with E-state index in [1.54, 1.807) is 6.07 Å². The molecule has 4 heteroatoms. The maximum absolute atomic E-state index is 13.4. The molecule has 1 aromatic heterocycles. The molecule has 0 unspecified atom stereocenters. The van der Waals surface area contributed by atoms with Gasteiger partial charge in [0.2, 0.25) is 0 Å². The summed E-state index contributed by atoms with van der Waals surface area (Å²) in [6.07, 6.45) is 0.935. The van der Waals surface area contributed by atoms with Gasteiger partial charge in [-0.2, -0.15) is 0 Å². The predicted octanol–water partition coefficient (Wildman–Crippen LogP) is 3.14. The largest absolute Gasteiger partial charge is 0.327 e. The molecule has 0 aliphatic heterocycles. The Morgan fingerprint density at radius 1 is 1.19 bits per heavy atom. The first-order valence-electron chi connectivity index (χ1n) is 7.05. The van der Waals surface area contributed by atoms with E-state index in [2.05, 4.69) is 22.4 Å². The van der Waals surface area contributed by atoms with Crippen molar-refractivity contribution in [3.8, 4) is 11.4 Å². The molecule has 2 aromatic carbocycles. The predicted molar refractivity (Wildman–Crippen MR) is 83.7 cm³/mol. The van der Waals surface area contributed by atoms with Crippen LogP contribution in [0.25, 0.3) is 22.4 Å². The zero-order valence-electron chi connectivity index (χ0n) is 12.2. The zero-order valence-corrected chi connectivity index (χ0v) is 12.2. The molecular weight excluding hydrogens is 265 g/mol. The second kappa shape index (κ2) is 5.66. The first-order chi connectivity index (χ1) is 10.2. The standard InChI is InChI=1S/C17H18FN3/c1-19-10-9-12-5-3-4-6-14(12)17-20-15-11-13(18)7-8-16(15)21(17)2/h3-8,11,19H,9-10H2,1-2H3. The minimum Gasteiger partial charge on any atom is -0.327 e. The molecule has 1 heterocycles. The molecule has 0 aliphatic carbocycles. The Kier molecular flexibility index (Phi) is 3.71. The number of halogens is 1. The number of aryl methyl sites for hydroxylation is 1. The number of imidazole rings is 1. The minimum atomic E-state index is -0.254. The second-order valence-electron chi connectivity index (χ2n) is 5.14. The third kappa shape index (κ3) is 2.54. The molecule has 3 rings (SSSR count). The van der Waals surface area contributed by atoms with E-state index in [1.165, 1.54) is 17.7 Å². The van der Waals surface area contributed by atoms with Crippen molar-refractivity contribution in [1.82, 2.24) is 14.9 Å². The summed E-state index contributed by atoms with van der Waals surface area (Å²) in [4.78, 5) is 4.61. The number of nitrogens with one attached hydrogen (secondary N) is 1. The number of benzene rings is 2. The Morgan fingerprint density at radius 2 is 2.00 bits per heavy atom. The average molecular weight is 283 g/mol. The van der Waals surface area contributed by atoms with Crippen LogP contribution >= 0.6 is 0 Å². The summed E-state index contributed by atoms with van der Waals surface area (Å²) in [5.41, 5.74) is 3.98. The maximum atomic E-state index is 13.4. The molecule has 0 amide bonds. The minimum absolute atomic E-state index is 0.254. The first-order valence-corrected chi connectivity index (χ1v) is 7.05. The molecule has 0 atom stereocenters. The van der Waals surface area contributed by atoms with Gasteiger partial charge in [0.1, 0.15) is 11.6 Å². The van der Waals surface area contributed by atoms with Crippen LogP contribution in [-0.4, -0.2) is 23.1 Å². The van der Waals surface area contributed by atoms with Crippen LogP contribution < -0.4 is 5.32 Å². The summed E-state index contributed by atoms with van der Waals surface area (Å²) < 4.78 is 15.4. The molecule has 0 aliphatic rings. The van der Waals surface area contributed by atoms with Crippen LogP contribution in [0.4, 0.5) is 4.39 Å². The lowest BCUT2D eigenvalue weighted by Gasteiger charge is -2.09. The maximum Gasteiger partial charge on any atom is 0.141 e. The highest BCUT2D eigenvalue weighted by atomic mass is 19.1. The number of hydrogen-bond donors (Lipinski definition) is 1. The van der Waals surface area contributed by atoms with E-state index in [4.69, 9.17) is 0 Å². The Balaban J connectivity index is 2.14. The van der Waals surface area contributed by atoms with E-state index >= 15 is 0 Å². The van der Waals surface area contributed by atoms with Gasteiger partial charge in [-0.15, -0.1) is 0 Å². The number of fused-ring (bicyclic) bond motifs is 1. The van der Waals surface area contributed by atoms with E-state index in [0.717, 1.165) is 29.9 Å². The van der Waals surface area contributed by atoms with Gasteiger partial charge in [-0.25, -0.2) is 9.37 Å². The van der Waals surface area contributed by atoms with E-state index in [9.17, 15) is 4.39 Å². The van der Waals surface area contributed by atoms with Gasteiger partial charge < -0.3 is 9.88 Å². The number of likely N-dealkylation sites (N-methyl/N-ethyl adjacent to an activating group) is 1. The van der Waals surface area contributed by atoms with Crippen LogP contribution in [0.1, 0.15) is 5.56 Å². The van der Waals surface area contributed by atoms with E-state index < -0.39 is 0 Å². The van der Waals surface area contributed by atoms with Gasteiger partial charge in [0.25, 0.3) is 0 Å². The molecule has 0 fully saturated rings. The lowest BCUT2D eigenvalue weighted by atomic mass is 10.0. The summed E-state index contributed by atoms with van der Waals surface area (Å²) in [6, 6.07) is 13.0. The lowest BCUT2D eigenvalue weighted by molar-refractivity contribution is 0.629. The van der Waals surface area contributed by atoms with Gasteiger partial charge in [0.15, 0.2) is 0 Å².